The maximum absolute atomic E-state index is 14.2. The van der Waals surface area contributed by atoms with E-state index in [0.29, 0.717) is 85.7 Å². The number of ether oxygens (including phenoxy) is 4. The standard InChI is InChI=1S/C45H50Cl2N4O8/c1-4-8-40(52)59-39-26-31(25-38(55-2)42(39)56-3)44(54)50-21-17-45(29-50,32-12-13-34(46)35(47)27-32)16-20-49-18-14-30(15-19-49)41(53)43-48-36-10-5-6-11-37(36)51(43)22-24-57-28-33-9-7-23-58-33/h5-7,9-13,23,25-27,30H,4,8,14-22,24,28-29H2,1-3H3. The van der Waals surface area contributed by atoms with Gasteiger partial charge < -0.3 is 37.7 Å². The topological polar surface area (TPSA) is 126 Å². The number of carbonyl (C=O) groups is 3. The number of furan rings is 1. The molecule has 1 amide bonds. The number of fused-ring (bicyclic) bond motifs is 1. The van der Waals surface area contributed by atoms with Gasteiger partial charge in [0.2, 0.25) is 11.5 Å². The molecule has 0 radical (unpaired) electrons. The summed E-state index contributed by atoms with van der Waals surface area (Å²) >= 11 is 13.0. The quantitative estimate of drug-likeness (QED) is 0.0389. The van der Waals surface area contributed by atoms with E-state index in [1.807, 2.05) is 71.0 Å². The highest BCUT2D eigenvalue weighted by Crippen LogP contribution is 2.43. The number of hydrogen-bond acceptors (Lipinski definition) is 10. The van der Waals surface area contributed by atoms with Crippen molar-refractivity contribution >= 4 is 51.9 Å². The highest BCUT2D eigenvalue weighted by Gasteiger charge is 2.42. The van der Waals surface area contributed by atoms with Crippen LogP contribution in [0.2, 0.25) is 10.0 Å². The number of methoxy groups -OCH3 is 2. The zero-order valence-electron chi connectivity index (χ0n) is 33.7. The number of piperidine rings is 1. The third-order valence-electron chi connectivity index (χ3n) is 11.6. The lowest BCUT2D eigenvalue weighted by molar-refractivity contribution is -0.134. The average molecular weight is 846 g/mol. The Morgan fingerprint density at radius 1 is 0.915 bits per heavy atom. The first-order chi connectivity index (χ1) is 28.6. The van der Waals surface area contributed by atoms with Crippen LogP contribution < -0.4 is 14.2 Å². The lowest BCUT2D eigenvalue weighted by Crippen LogP contribution is -2.41. The predicted octanol–water partition coefficient (Wildman–Crippen LogP) is 8.64. The number of nitrogens with zero attached hydrogens (tertiary/aromatic N) is 4. The molecule has 7 rings (SSSR count). The molecule has 4 heterocycles. The number of imidazole rings is 1. The van der Waals surface area contributed by atoms with Crippen molar-refractivity contribution in [3.8, 4) is 17.2 Å². The number of para-hydroxylation sites is 2. The van der Waals surface area contributed by atoms with Gasteiger partial charge in [0.05, 0.1) is 48.2 Å². The van der Waals surface area contributed by atoms with Crippen LogP contribution in [0.3, 0.4) is 0 Å². The summed E-state index contributed by atoms with van der Waals surface area (Å²) in [6, 6.07) is 20.4. The van der Waals surface area contributed by atoms with E-state index in [2.05, 4.69) is 4.90 Å². The van der Waals surface area contributed by atoms with Gasteiger partial charge in [0.25, 0.3) is 5.91 Å². The Balaban J connectivity index is 1.03. The first-order valence-corrected chi connectivity index (χ1v) is 20.9. The third kappa shape index (κ3) is 9.46. The number of carbonyl (C=O) groups excluding carboxylic acids is 3. The van der Waals surface area contributed by atoms with Gasteiger partial charge in [0.15, 0.2) is 17.3 Å². The summed E-state index contributed by atoms with van der Waals surface area (Å²) in [5.41, 5.74) is 2.63. The van der Waals surface area contributed by atoms with Crippen molar-refractivity contribution in [3.63, 3.8) is 0 Å². The maximum Gasteiger partial charge on any atom is 0.311 e. The molecule has 14 heteroatoms. The number of ketones is 1. The second-order valence-corrected chi connectivity index (χ2v) is 16.1. The second-order valence-electron chi connectivity index (χ2n) is 15.3. The van der Waals surface area contributed by atoms with E-state index in [1.165, 1.54) is 14.2 Å². The second kappa shape index (κ2) is 19.0. The lowest BCUT2D eigenvalue weighted by atomic mass is 9.76. The van der Waals surface area contributed by atoms with E-state index in [-0.39, 0.29) is 35.5 Å². The SMILES string of the molecule is CCCC(=O)Oc1cc(C(=O)N2CCC(CCN3CCC(C(=O)c4nc5ccccc5n4CCOCc4ccco4)CC3)(c3ccc(Cl)c(Cl)c3)C2)cc(OC)c1OC. The molecule has 59 heavy (non-hydrogen) atoms. The van der Waals surface area contributed by atoms with Crippen LogP contribution >= 0.6 is 23.2 Å². The molecule has 12 nitrogen and oxygen atoms in total. The summed E-state index contributed by atoms with van der Waals surface area (Å²) in [6.45, 7) is 6.39. The molecule has 0 aliphatic carbocycles. The van der Waals surface area contributed by atoms with Gasteiger partial charge in [0.1, 0.15) is 12.4 Å². The highest BCUT2D eigenvalue weighted by atomic mass is 35.5. The zero-order valence-corrected chi connectivity index (χ0v) is 35.2. The fraction of sp³-hybridized carbons (Fsp3) is 0.422. The van der Waals surface area contributed by atoms with Crippen molar-refractivity contribution in [2.24, 2.45) is 5.92 Å². The summed E-state index contributed by atoms with van der Waals surface area (Å²) in [5.74, 6) is 1.17. The Morgan fingerprint density at radius 2 is 1.71 bits per heavy atom. The minimum absolute atomic E-state index is 0.0579. The van der Waals surface area contributed by atoms with E-state index >= 15 is 0 Å². The van der Waals surface area contributed by atoms with Crippen LogP contribution in [-0.4, -0.2) is 90.6 Å². The summed E-state index contributed by atoms with van der Waals surface area (Å²) in [5, 5.41) is 0.926. The van der Waals surface area contributed by atoms with Gasteiger partial charge in [-0.3, -0.25) is 14.4 Å². The molecule has 2 fully saturated rings. The fourth-order valence-electron chi connectivity index (χ4n) is 8.33. The number of Topliss-reactive ketones (excluding diaryl/α,β-unsaturated/α-hetero) is 1. The first kappa shape index (κ1) is 42.3. The smallest absolute Gasteiger partial charge is 0.311 e. The Hall–Kier alpha value is -4.88. The van der Waals surface area contributed by atoms with Gasteiger partial charge in [-0.25, -0.2) is 4.98 Å². The zero-order chi connectivity index (χ0) is 41.5. The van der Waals surface area contributed by atoms with Crippen LogP contribution in [0.5, 0.6) is 17.2 Å². The molecule has 0 bridgehead atoms. The monoisotopic (exact) mass is 844 g/mol. The number of hydrogen-bond donors (Lipinski definition) is 0. The molecule has 5 aromatic rings. The Bertz CT molecular complexity index is 2270. The molecule has 2 aliphatic heterocycles. The summed E-state index contributed by atoms with van der Waals surface area (Å²) in [4.78, 5) is 49.9. The van der Waals surface area contributed by atoms with Crippen LogP contribution in [0.15, 0.2) is 77.4 Å². The normalized spacial score (nSPS) is 17.4. The first-order valence-electron chi connectivity index (χ1n) is 20.2. The lowest BCUT2D eigenvalue weighted by Gasteiger charge is -2.36. The van der Waals surface area contributed by atoms with Gasteiger partial charge in [-0.2, -0.15) is 0 Å². The van der Waals surface area contributed by atoms with Crippen molar-refractivity contribution in [2.75, 3.05) is 53.6 Å². The Kier molecular flexibility index (Phi) is 13.6. The van der Waals surface area contributed by atoms with Crippen LogP contribution in [0, 0.1) is 5.92 Å². The minimum atomic E-state index is -0.423. The predicted molar refractivity (Wildman–Crippen MR) is 225 cm³/mol. The number of aromatic nitrogens is 2. The van der Waals surface area contributed by atoms with Crippen molar-refractivity contribution in [1.82, 2.24) is 19.4 Å². The number of amides is 1. The largest absolute Gasteiger partial charge is 0.493 e. The van der Waals surface area contributed by atoms with Crippen LogP contribution in [-0.2, 0) is 28.1 Å². The van der Waals surface area contributed by atoms with E-state index in [4.69, 9.17) is 51.6 Å². The highest BCUT2D eigenvalue weighted by molar-refractivity contribution is 6.42. The van der Waals surface area contributed by atoms with Crippen molar-refractivity contribution in [1.29, 1.82) is 0 Å². The number of rotatable bonds is 17. The number of benzene rings is 3. The summed E-state index contributed by atoms with van der Waals surface area (Å²) in [6.07, 6.45) is 5.36. The minimum Gasteiger partial charge on any atom is -0.493 e. The fourth-order valence-corrected chi connectivity index (χ4v) is 8.63. The molecular weight excluding hydrogens is 795 g/mol. The molecule has 2 saturated heterocycles. The number of likely N-dealkylation sites (tertiary alicyclic amines) is 2. The molecule has 1 unspecified atom stereocenters. The molecule has 312 valence electrons. The molecule has 0 saturated carbocycles. The van der Waals surface area contributed by atoms with Gasteiger partial charge in [-0.15, -0.1) is 0 Å². The summed E-state index contributed by atoms with van der Waals surface area (Å²) < 4.78 is 30.0. The van der Waals surface area contributed by atoms with Crippen LogP contribution in [0.25, 0.3) is 11.0 Å². The van der Waals surface area contributed by atoms with Gasteiger partial charge >= 0.3 is 5.97 Å². The van der Waals surface area contributed by atoms with E-state index in [0.717, 1.165) is 48.4 Å². The van der Waals surface area contributed by atoms with Gasteiger partial charge in [-0.05, 0) is 106 Å². The van der Waals surface area contributed by atoms with Crippen molar-refractivity contribution < 1.29 is 37.7 Å². The average Bonchev–Trinajstić information content (AvgIpc) is 4.02. The maximum atomic E-state index is 14.2. The molecule has 2 aliphatic rings. The van der Waals surface area contributed by atoms with Gasteiger partial charge in [-0.1, -0.05) is 48.3 Å². The number of esters is 1. The van der Waals surface area contributed by atoms with E-state index < -0.39 is 11.4 Å². The molecule has 2 aromatic heterocycles. The molecular formula is C45H50Cl2N4O8. The van der Waals surface area contributed by atoms with E-state index in [1.54, 1.807) is 18.4 Å². The molecule has 0 spiro atoms. The number of halogens is 2. The van der Waals surface area contributed by atoms with Gasteiger partial charge in [0, 0.05) is 43.0 Å². The van der Waals surface area contributed by atoms with Crippen molar-refractivity contribution in [2.45, 2.75) is 64.0 Å². The molecule has 0 N–H and O–H groups in total. The van der Waals surface area contributed by atoms with Crippen LogP contribution in [0.1, 0.15) is 77.7 Å². The molecule has 3 aromatic carbocycles. The molecule has 1 atom stereocenters. The Morgan fingerprint density at radius 3 is 2.44 bits per heavy atom. The van der Waals surface area contributed by atoms with E-state index in [9.17, 15) is 14.4 Å². The Labute approximate surface area is 354 Å². The van der Waals surface area contributed by atoms with Crippen molar-refractivity contribution in [3.05, 3.63) is 106 Å². The third-order valence-corrected chi connectivity index (χ3v) is 12.3. The van der Waals surface area contributed by atoms with Crippen LogP contribution in [0.4, 0.5) is 0 Å². The summed E-state index contributed by atoms with van der Waals surface area (Å²) in [7, 11) is 2.94.